The molecule has 192 valence electrons. The lowest BCUT2D eigenvalue weighted by Crippen LogP contribution is -2.13. The van der Waals surface area contributed by atoms with Gasteiger partial charge in [0.25, 0.3) is 11.5 Å². The molecule has 3 aromatic heterocycles. The van der Waals surface area contributed by atoms with Gasteiger partial charge in [-0.15, -0.1) is 11.3 Å². The van der Waals surface area contributed by atoms with Crippen LogP contribution in [0.1, 0.15) is 9.67 Å². The fraction of sp³-hybridized carbons (Fsp3) is 0.0333. The second-order valence-corrected chi connectivity index (χ2v) is 9.81. The first-order valence-electron chi connectivity index (χ1n) is 12.1. The minimum atomic E-state index is -0.432. The summed E-state index contributed by atoms with van der Waals surface area (Å²) in [7, 11) is 1.62. The summed E-state index contributed by atoms with van der Waals surface area (Å²) in [6.07, 6.45) is 0. The molecule has 0 aliphatic heterocycles. The van der Waals surface area contributed by atoms with Crippen LogP contribution in [-0.2, 0) is 0 Å². The van der Waals surface area contributed by atoms with E-state index in [1.807, 2.05) is 78.9 Å². The average Bonchev–Trinajstić information content (AvgIpc) is 3.52. The molecular formula is C30H23N5O3S. The smallest absolute Gasteiger partial charge is 0.273 e. The number of pyridine rings is 1. The van der Waals surface area contributed by atoms with Gasteiger partial charge in [0, 0.05) is 17.0 Å². The molecular weight excluding hydrogens is 510 g/mol. The van der Waals surface area contributed by atoms with Gasteiger partial charge in [0.2, 0.25) is 0 Å². The van der Waals surface area contributed by atoms with Gasteiger partial charge in [0.15, 0.2) is 0 Å². The number of rotatable bonds is 6. The molecule has 4 N–H and O–H groups in total. The number of hydrogen-bond donors (Lipinski definition) is 3. The van der Waals surface area contributed by atoms with Crippen molar-refractivity contribution in [2.24, 2.45) is 0 Å². The number of H-pyrrole nitrogens is 1. The number of amides is 1. The number of nitrogens with zero attached hydrogens (tertiary/aromatic N) is 2. The molecule has 0 saturated carbocycles. The van der Waals surface area contributed by atoms with Crippen molar-refractivity contribution in [3.8, 4) is 33.8 Å². The quantitative estimate of drug-likeness (QED) is 0.245. The number of nitrogen functional groups attached to an aromatic ring is 1. The van der Waals surface area contributed by atoms with Crippen LogP contribution in [0.5, 0.6) is 5.75 Å². The van der Waals surface area contributed by atoms with Crippen molar-refractivity contribution in [3.05, 3.63) is 112 Å². The van der Waals surface area contributed by atoms with Crippen LogP contribution >= 0.6 is 11.3 Å². The molecule has 0 unspecified atom stereocenters. The van der Waals surface area contributed by atoms with Crippen molar-refractivity contribution < 1.29 is 9.53 Å². The van der Waals surface area contributed by atoms with Crippen LogP contribution in [0.4, 0.5) is 11.5 Å². The Balaban J connectivity index is 1.43. The highest BCUT2D eigenvalue weighted by Crippen LogP contribution is 2.41. The molecule has 3 heterocycles. The molecule has 8 nitrogen and oxygen atoms in total. The molecule has 9 heteroatoms. The van der Waals surface area contributed by atoms with Crippen molar-refractivity contribution in [1.82, 2.24) is 14.8 Å². The predicted octanol–water partition coefficient (Wildman–Crippen LogP) is 5.95. The zero-order chi connectivity index (χ0) is 26.9. The Kier molecular flexibility index (Phi) is 6.18. The van der Waals surface area contributed by atoms with E-state index >= 15 is 0 Å². The number of thiophene rings is 1. The van der Waals surface area contributed by atoms with Crippen molar-refractivity contribution in [3.63, 3.8) is 0 Å². The second kappa shape index (κ2) is 9.96. The summed E-state index contributed by atoms with van der Waals surface area (Å²) in [6, 6.07) is 30.0. The summed E-state index contributed by atoms with van der Waals surface area (Å²) in [5, 5.41) is 6.42. The van der Waals surface area contributed by atoms with Crippen LogP contribution in [0.3, 0.4) is 0 Å². The number of nitrogens with two attached hydrogens (primary N) is 1. The molecule has 39 heavy (non-hydrogen) atoms. The predicted molar refractivity (Wildman–Crippen MR) is 156 cm³/mol. The van der Waals surface area contributed by atoms with Crippen LogP contribution in [0.15, 0.2) is 102 Å². The van der Waals surface area contributed by atoms with E-state index in [0.29, 0.717) is 26.5 Å². The first-order chi connectivity index (χ1) is 19.0. The Labute approximate surface area is 227 Å². The van der Waals surface area contributed by atoms with Gasteiger partial charge in [-0.2, -0.15) is 0 Å². The molecule has 1 amide bonds. The van der Waals surface area contributed by atoms with Gasteiger partial charge in [-0.05, 0) is 41.5 Å². The van der Waals surface area contributed by atoms with E-state index in [-0.39, 0.29) is 11.4 Å². The SMILES string of the molecule is COc1ccc(-c2cc(-c3ccccc3)nc3sc(C(=O)Nc4cc(=O)n(-c5ccccc5)[nH]4)c(N)c23)cc1. The van der Waals surface area contributed by atoms with Crippen LogP contribution in [0.2, 0.25) is 0 Å². The number of anilines is 2. The van der Waals surface area contributed by atoms with Gasteiger partial charge in [-0.1, -0.05) is 60.7 Å². The van der Waals surface area contributed by atoms with Crippen molar-refractivity contribution in [2.75, 3.05) is 18.2 Å². The molecule has 0 fully saturated rings. The van der Waals surface area contributed by atoms with Gasteiger partial charge in [-0.25, -0.2) is 9.67 Å². The van der Waals surface area contributed by atoms with Gasteiger partial charge in [0.1, 0.15) is 21.3 Å². The molecule has 6 aromatic rings. The number of carbonyl (C=O) groups excluding carboxylic acids is 1. The van der Waals surface area contributed by atoms with E-state index in [1.165, 1.54) is 22.1 Å². The first kappa shape index (κ1) is 24.2. The summed E-state index contributed by atoms with van der Waals surface area (Å²) < 4.78 is 6.69. The maximum atomic E-state index is 13.4. The topological polar surface area (TPSA) is 115 Å². The third kappa shape index (κ3) is 4.55. The lowest BCUT2D eigenvalue weighted by molar-refractivity contribution is 0.103. The monoisotopic (exact) mass is 533 g/mol. The van der Waals surface area contributed by atoms with Crippen LogP contribution in [0.25, 0.3) is 38.3 Å². The average molecular weight is 534 g/mol. The lowest BCUT2D eigenvalue weighted by Gasteiger charge is -2.10. The van der Waals surface area contributed by atoms with Gasteiger partial charge < -0.3 is 15.8 Å². The maximum Gasteiger partial charge on any atom is 0.273 e. The summed E-state index contributed by atoms with van der Waals surface area (Å²) in [6.45, 7) is 0. The molecule has 0 radical (unpaired) electrons. The number of fused-ring (bicyclic) bond motifs is 1. The van der Waals surface area contributed by atoms with Gasteiger partial charge in [-0.3, -0.25) is 14.7 Å². The lowest BCUT2D eigenvalue weighted by atomic mass is 9.99. The van der Waals surface area contributed by atoms with Crippen LogP contribution < -0.4 is 21.3 Å². The van der Waals surface area contributed by atoms with Gasteiger partial charge >= 0.3 is 0 Å². The van der Waals surface area contributed by atoms with E-state index < -0.39 is 5.91 Å². The first-order valence-corrected chi connectivity index (χ1v) is 12.9. The molecule has 3 aromatic carbocycles. The molecule has 0 saturated heterocycles. The Morgan fingerprint density at radius 3 is 2.33 bits per heavy atom. The summed E-state index contributed by atoms with van der Waals surface area (Å²) >= 11 is 1.21. The third-order valence-corrected chi connectivity index (χ3v) is 7.46. The largest absolute Gasteiger partial charge is 0.497 e. The van der Waals surface area contributed by atoms with Gasteiger partial charge in [0.05, 0.1) is 24.2 Å². The van der Waals surface area contributed by atoms with E-state index in [9.17, 15) is 9.59 Å². The minimum absolute atomic E-state index is 0.263. The number of ether oxygens (including phenoxy) is 1. The normalized spacial score (nSPS) is 11.0. The van der Waals surface area contributed by atoms with E-state index in [2.05, 4.69) is 10.4 Å². The number of nitrogens with one attached hydrogen (secondary N) is 2. The number of aromatic amines is 1. The maximum absolute atomic E-state index is 13.4. The molecule has 0 aliphatic rings. The molecule has 0 spiro atoms. The summed E-state index contributed by atoms with van der Waals surface area (Å²) in [5.41, 5.74) is 10.8. The number of aromatic nitrogens is 3. The van der Waals surface area contributed by atoms with Crippen molar-refractivity contribution in [2.45, 2.75) is 0 Å². The number of benzene rings is 3. The Morgan fingerprint density at radius 2 is 1.64 bits per heavy atom. The summed E-state index contributed by atoms with van der Waals surface area (Å²) in [4.78, 5) is 31.7. The number of carbonyl (C=O) groups is 1. The fourth-order valence-electron chi connectivity index (χ4n) is 4.45. The molecule has 0 aliphatic carbocycles. The van der Waals surface area contributed by atoms with Crippen LogP contribution in [-0.4, -0.2) is 27.8 Å². The number of hydrogen-bond acceptors (Lipinski definition) is 6. The Morgan fingerprint density at radius 1 is 0.949 bits per heavy atom. The highest BCUT2D eigenvalue weighted by molar-refractivity contribution is 7.21. The Bertz CT molecular complexity index is 1860. The second-order valence-electron chi connectivity index (χ2n) is 8.81. The highest BCUT2D eigenvalue weighted by Gasteiger charge is 2.22. The third-order valence-electron chi connectivity index (χ3n) is 6.36. The van der Waals surface area contributed by atoms with Crippen LogP contribution in [0, 0.1) is 0 Å². The standard InChI is InChI=1S/C30H23N5O3S/c1-38-21-14-12-18(13-15-21)22-16-23(19-8-4-2-5-9-19)32-30-26(22)27(31)28(39-30)29(37)33-24-17-25(36)35(34-24)20-10-6-3-7-11-20/h2-17,34H,31H2,1H3,(H,33,37). The van der Waals surface area contributed by atoms with Crippen molar-refractivity contribution >= 4 is 39.0 Å². The van der Waals surface area contributed by atoms with E-state index in [1.54, 1.807) is 19.2 Å². The molecule has 6 rings (SSSR count). The zero-order valence-corrected chi connectivity index (χ0v) is 21.7. The minimum Gasteiger partial charge on any atom is -0.497 e. The van der Waals surface area contributed by atoms with Crippen molar-refractivity contribution in [1.29, 1.82) is 0 Å². The zero-order valence-electron chi connectivity index (χ0n) is 20.8. The molecule has 0 bridgehead atoms. The van der Waals surface area contributed by atoms with E-state index in [4.69, 9.17) is 15.5 Å². The number of para-hydroxylation sites is 1. The highest BCUT2D eigenvalue weighted by atomic mass is 32.1. The van der Waals surface area contributed by atoms with E-state index in [0.717, 1.165) is 28.1 Å². The Hall–Kier alpha value is -5.15. The fourth-order valence-corrected chi connectivity index (χ4v) is 5.47. The molecule has 0 atom stereocenters. The number of methoxy groups -OCH3 is 1. The summed E-state index contributed by atoms with van der Waals surface area (Å²) in [5.74, 6) is 0.569.